The highest BCUT2D eigenvalue weighted by Gasteiger charge is 2.44. The van der Waals surface area contributed by atoms with E-state index in [9.17, 15) is 9.90 Å². The lowest BCUT2D eigenvalue weighted by Gasteiger charge is -2.23. The minimum atomic E-state index is -0.768. The molecule has 0 aliphatic heterocycles. The van der Waals surface area contributed by atoms with E-state index in [1.54, 1.807) is 25.1 Å². The lowest BCUT2D eigenvalue weighted by atomic mass is 9.99. The van der Waals surface area contributed by atoms with E-state index in [1.165, 1.54) is 0 Å². The molecule has 7 heteroatoms. The van der Waals surface area contributed by atoms with Crippen molar-refractivity contribution in [1.82, 2.24) is 20.1 Å². The lowest BCUT2D eigenvalue weighted by Crippen LogP contribution is -2.48. The van der Waals surface area contributed by atoms with Crippen LogP contribution in [0, 0.1) is 0 Å². The molecule has 2 unspecified atom stereocenters. The number of rotatable bonds is 4. The maximum atomic E-state index is 11.3. The van der Waals surface area contributed by atoms with Crippen LogP contribution in [0.2, 0.25) is 0 Å². The van der Waals surface area contributed by atoms with Crippen molar-refractivity contribution in [2.75, 3.05) is 7.05 Å². The van der Waals surface area contributed by atoms with E-state index in [4.69, 9.17) is 0 Å². The second-order valence-electron chi connectivity index (χ2n) is 4.34. The Bertz CT molecular complexity index is 422. The molecule has 1 aliphatic carbocycles. The molecule has 0 amide bonds. The third-order valence-electron chi connectivity index (χ3n) is 3.30. The number of hydrogen-bond donors (Lipinski definition) is 2. The number of nitrogens with zero attached hydrogens (tertiary/aromatic N) is 3. The third kappa shape index (κ3) is 2.30. The molecule has 2 rings (SSSR count). The van der Waals surface area contributed by atoms with Gasteiger partial charge in [-0.05, 0) is 26.3 Å². The molecule has 17 heavy (non-hydrogen) atoms. The summed E-state index contributed by atoms with van der Waals surface area (Å²) in [5.74, 6) is -0.763. The first-order chi connectivity index (χ1) is 8.07. The number of aryl methyl sites for hydroxylation is 1. The van der Waals surface area contributed by atoms with Crippen molar-refractivity contribution in [2.45, 2.75) is 35.2 Å². The predicted molar refractivity (Wildman–Crippen MR) is 63.9 cm³/mol. The van der Waals surface area contributed by atoms with Crippen molar-refractivity contribution >= 4 is 17.7 Å². The summed E-state index contributed by atoms with van der Waals surface area (Å²) in [5, 5.41) is 21.1. The zero-order valence-electron chi connectivity index (χ0n) is 9.88. The van der Waals surface area contributed by atoms with Gasteiger partial charge in [-0.25, -0.2) is 0 Å². The molecule has 2 atom stereocenters. The molecule has 1 saturated carbocycles. The van der Waals surface area contributed by atoms with Gasteiger partial charge in [-0.3, -0.25) is 4.79 Å². The molecule has 0 spiro atoms. The second-order valence-corrected chi connectivity index (χ2v) is 5.61. The Balaban J connectivity index is 2.03. The lowest BCUT2D eigenvalue weighted by molar-refractivity contribution is -0.144. The molecule has 1 aromatic rings. The maximum absolute atomic E-state index is 11.3. The van der Waals surface area contributed by atoms with Gasteiger partial charge < -0.3 is 15.0 Å². The van der Waals surface area contributed by atoms with Gasteiger partial charge in [-0.1, -0.05) is 11.8 Å². The van der Waals surface area contributed by atoms with Crippen molar-refractivity contribution in [2.24, 2.45) is 7.05 Å². The first kappa shape index (κ1) is 12.4. The molecule has 1 fully saturated rings. The topological polar surface area (TPSA) is 80.0 Å². The molecule has 0 radical (unpaired) electrons. The Hall–Kier alpha value is -1.08. The van der Waals surface area contributed by atoms with Crippen LogP contribution in [0.25, 0.3) is 0 Å². The largest absolute Gasteiger partial charge is 0.480 e. The van der Waals surface area contributed by atoms with Crippen LogP contribution >= 0.6 is 11.8 Å². The number of carboxylic acid groups (broad SMARTS) is 1. The number of nitrogens with one attached hydrogen (secondary N) is 1. The average molecular weight is 256 g/mol. The molecule has 94 valence electrons. The van der Waals surface area contributed by atoms with Crippen LogP contribution in [0.4, 0.5) is 0 Å². The van der Waals surface area contributed by atoms with Gasteiger partial charge in [0.25, 0.3) is 0 Å². The van der Waals surface area contributed by atoms with Gasteiger partial charge in [0.05, 0.1) is 0 Å². The van der Waals surface area contributed by atoms with Gasteiger partial charge in [0.15, 0.2) is 5.16 Å². The summed E-state index contributed by atoms with van der Waals surface area (Å²) in [4.78, 5) is 11.3. The fourth-order valence-corrected chi connectivity index (χ4v) is 3.37. The standard InChI is InChI=1S/C10H16N4O2S/c1-11-10(8(15)16)4-3-7(5-10)17-9-13-12-6-14(9)2/h6-7,11H,3-5H2,1-2H3,(H,15,16). The molecular formula is C10H16N4O2S. The second kappa shape index (κ2) is 4.66. The van der Waals surface area contributed by atoms with Gasteiger partial charge in [0.2, 0.25) is 0 Å². The van der Waals surface area contributed by atoms with Crippen LogP contribution in [0.1, 0.15) is 19.3 Å². The zero-order valence-corrected chi connectivity index (χ0v) is 10.7. The summed E-state index contributed by atoms with van der Waals surface area (Å²) in [6.07, 6.45) is 3.81. The van der Waals surface area contributed by atoms with Crippen molar-refractivity contribution in [3.05, 3.63) is 6.33 Å². The number of thioether (sulfide) groups is 1. The first-order valence-corrected chi connectivity index (χ1v) is 6.38. The van der Waals surface area contributed by atoms with E-state index in [1.807, 2.05) is 11.6 Å². The van der Waals surface area contributed by atoms with E-state index in [2.05, 4.69) is 15.5 Å². The Morgan fingerprint density at radius 2 is 2.53 bits per heavy atom. The van der Waals surface area contributed by atoms with E-state index in [0.717, 1.165) is 11.6 Å². The van der Waals surface area contributed by atoms with Crippen molar-refractivity contribution in [3.63, 3.8) is 0 Å². The summed E-state index contributed by atoms with van der Waals surface area (Å²) >= 11 is 1.61. The Kier molecular flexibility index (Phi) is 3.39. The van der Waals surface area contributed by atoms with Gasteiger partial charge in [-0.15, -0.1) is 10.2 Å². The van der Waals surface area contributed by atoms with Crippen LogP contribution in [-0.4, -0.2) is 43.7 Å². The minimum Gasteiger partial charge on any atom is -0.480 e. The summed E-state index contributed by atoms with van der Waals surface area (Å²) in [7, 11) is 3.60. The van der Waals surface area contributed by atoms with E-state index < -0.39 is 11.5 Å². The Morgan fingerprint density at radius 1 is 1.76 bits per heavy atom. The number of carbonyl (C=O) groups is 1. The SMILES string of the molecule is CNC1(C(=O)O)CCC(Sc2nncn2C)C1. The van der Waals surface area contributed by atoms with Crippen LogP contribution < -0.4 is 5.32 Å². The fraction of sp³-hybridized carbons (Fsp3) is 0.700. The molecule has 6 nitrogen and oxygen atoms in total. The van der Waals surface area contributed by atoms with Crippen LogP contribution in [0.5, 0.6) is 0 Å². The molecule has 0 aromatic carbocycles. The summed E-state index contributed by atoms with van der Waals surface area (Å²) in [6, 6.07) is 0. The zero-order chi connectivity index (χ0) is 12.5. The highest BCUT2D eigenvalue weighted by molar-refractivity contribution is 7.99. The molecule has 1 heterocycles. The minimum absolute atomic E-state index is 0.279. The van der Waals surface area contributed by atoms with Gasteiger partial charge in [-0.2, -0.15) is 0 Å². The van der Waals surface area contributed by atoms with Gasteiger partial charge in [0, 0.05) is 12.3 Å². The summed E-state index contributed by atoms with van der Waals surface area (Å²) in [5.41, 5.74) is -0.768. The Labute approximate surface area is 104 Å². The van der Waals surface area contributed by atoms with Crippen molar-refractivity contribution in [3.8, 4) is 0 Å². The molecule has 1 aromatic heterocycles. The van der Waals surface area contributed by atoms with E-state index in [0.29, 0.717) is 12.8 Å². The molecular weight excluding hydrogens is 240 g/mol. The van der Waals surface area contributed by atoms with Gasteiger partial charge in [0.1, 0.15) is 11.9 Å². The normalized spacial score (nSPS) is 28.5. The highest BCUT2D eigenvalue weighted by Crippen LogP contribution is 2.39. The van der Waals surface area contributed by atoms with Crippen LogP contribution in [-0.2, 0) is 11.8 Å². The average Bonchev–Trinajstić information content (AvgIpc) is 2.88. The van der Waals surface area contributed by atoms with Gasteiger partial charge >= 0.3 is 5.97 Å². The summed E-state index contributed by atoms with van der Waals surface area (Å²) in [6.45, 7) is 0. The van der Waals surface area contributed by atoms with Crippen LogP contribution in [0.3, 0.4) is 0 Å². The number of aromatic nitrogens is 3. The van der Waals surface area contributed by atoms with Crippen molar-refractivity contribution in [1.29, 1.82) is 0 Å². The first-order valence-electron chi connectivity index (χ1n) is 5.50. The number of likely N-dealkylation sites (N-methyl/N-ethyl adjacent to an activating group) is 1. The molecule has 0 bridgehead atoms. The monoisotopic (exact) mass is 256 g/mol. The third-order valence-corrected chi connectivity index (χ3v) is 4.62. The highest BCUT2D eigenvalue weighted by atomic mass is 32.2. The molecule has 0 saturated heterocycles. The predicted octanol–water partition coefficient (Wildman–Crippen LogP) is 0.502. The van der Waals surface area contributed by atoms with Crippen molar-refractivity contribution < 1.29 is 9.90 Å². The molecule has 1 aliphatic rings. The fourth-order valence-electron chi connectivity index (χ4n) is 2.16. The van der Waals surface area contributed by atoms with Crippen LogP contribution in [0.15, 0.2) is 11.5 Å². The quantitative estimate of drug-likeness (QED) is 0.816. The number of hydrogen-bond acceptors (Lipinski definition) is 5. The maximum Gasteiger partial charge on any atom is 0.323 e. The molecule has 2 N–H and O–H groups in total. The number of carboxylic acids is 1. The smallest absolute Gasteiger partial charge is 0.323 e. The number of aliphatic carboxylic acids is 1. The Morgan fingerprint density at radius 3 is 3.00 bits per heavy atom. The summed E-state index contributed by atoms with van der Waals surface area (Å²) < 4.78 is 1.85. The van der Waals surface area contributed by atoms with E-state index >= 15 is 0 Å². The van der Waals surface area contributed by atoms with E-state index in [-0.39, 0.29) is 5.25 Å².